The van der Waals surface area contributed by atoms with Gasteiger partial charge >= 0.3 is 0 Å². The minimum Gasteiger partial charge on any atom is -0.480 e. The van der Waals surface area contributed by atoms with Gasteiger partial charge < -0.3 is 9.47 Å². The molecule has 0 fully saturated rings. The molecule has 0 amide bonds. The molecule has 7 nitrogen and oxygen atoms in total. The molecule has 0 saturated carbocycles. The summed E-state index contributed by atoms with van der Waals surface area (Å²) in [6.07, 6.45) is 1.52. The van der Waals surface area contributed by atoms with Crippen LogP contribution in [0, 0.1) is 6.92 Å². The molecule has 0 aliphatic rings. The van der Waals surface area contributed by atoms with Gasteiger partial charge in [-0.15, -0.1) is 11.3 Å². The lowest BCUT2D eigenvalue weighted by Crippen LogP contribution is -2.30. The molecule has 1 atom stereocenters. The first kappa shape index (κ1) is 13.7. The Morgan fingerprint density at radius 2 is 2.11 bits per heavy atom. The van der Waals surface area contributed by atoms with Crippen LogP contribution in [0.25, 0.3) is 0 Å². The summed E-state index contributed by atoms with van der Waals surface area (Å²) in [7, 11) is 3.04. The molecule has 3 N–H and O–H groups in total. The normalized spacial score (nSPS) is 12.2. The molecule has 19 heavy (non-hydrogen) atoms. The first-order chi connectivity index (χ1) is 9.19. The van der Waals surface area contributed by atoms with E-state index < -0.39 is 0 Å². The fraction of sp³-hybridized carbons (Fsp3) is 0.364. The second kappa shape index (κ2) is 5.91. The van der Waals surface area contributed by atoms with Crippen LogP contribution in [0.2, 0.25) is 0 Å². The average Bonchev–Trinajstić information content (AvgIpc) is 2.86. The molecule has 0 saturated heterocycles. The molecule has 2 rings (SSSR count). The van der Waals surface area contributed by atoms with Crippen LogP contribution < -0.4 is 20.7 Å². The summed E-state index contributed by atoms with van der Waals surface area (Å²) in [6.45, 7) is 1.93. The van der Waals surface area contributed by atoms with Crippen molar-refractivity contribution < 1.29 is 9.47 Å². The van der Waals surface area contributed by atoms with Crippen LogP contribution >= 0.6 is 11.3 Å². The summed E-state index contributed by atoms with van der Waals surface area (Å²) in [5.41, 5.74) is 4.03. The van der Waals surface area contributed by atoms with Gasteiger partial charge in [-0.2, -0.15) is 4.98 Å². The van der Waals surface area contributed by atoms with Gasteiger partial charge in [-0.1, -0.05) is 0 Å². The van der Waals surface area contributed by atoms with E-state index in [-0.39, 0.29) is 6.04 Å². The van der Waals surface area contributed by atoms with Gasteiger partial charge in [0.25, 0.3) is 0 Å². The molecule has 0 radical (unpaired) electrons. The first-order valence-corrected chi connectivity index (χ1v) is 6.40. The van der Waals surface area contributed by atoms with Gasteiger partial charge in [-0.05, 0) is 6.92 Å². The predicted octanol–water partition coefficient (Wildman–Crippen LogP) is 0.811. The molecule has 2 aromatic heterocycles. The number of nitrogens with zero attached hydrogens (tertiary/aromatic N) is 3. The van der Waals surface area contributed by atoms with Crippen molar-refractivity contribution in [1.29, 1.82) is 0 Å². The third kappa shape index (κ3) is 2.80. The van der Waals surface area contributed by atoms with E-state index >= 15 is 0 Å². The van der Waals surface area contributed by atoms with Crippen LogP contribution in [0.1, 0.15) is 22.4 Å². The molecule has 0 spiro atoms. The second-order valence-corrected chi connectivity index (χ2v) is 4.76. The quantitative estimate of drug-likeness (QED) is 0.618. The van der Waals surface area contributed by atoms with Crippen LogP contribution in [0.5, 0.6) is 11.8 Å². The Morgan fingerprint density at radius 1 is 1.32 bits per heavy atom. The summed E-state index contributed by atoms with van der Waals surface area (Å²) in [5, 5.41) is 2.88. The molecule has 0 bridgehead atoms. The number of nitrogens with one attached hydrogen (secondary N) is 1. The number of aryl methyl sites for hydroxylation is 1. The van der Waals surface area contributed by atoms with Gasteiger partial charge in [0.2, 0.25) is 11.8 Å². The molecule has 2 aromatic rings. The van der Waals surface area contributed by atoms with E-state index in [4.69, 9.17) is 15.3 Å². The molecule has 0 aromatic carbocycles. The highest BCUT2D eigenvalue weighted by Crippen LogP contribution is 2.28. The Bertz CT molecular complexity index is 560. The van der Waals surface area contributed by atoms with E-state index in [2.05, 4.69) is 20.4 Å². The van der Waals surface area contributed by atoms with E-state index in [0.29, 0.717) is 17.5 Å². The van der Waals surface area contributed by atoms with Gasteiger partial charge in [-0.3, -0.25) is 5.84 Å². The maximum atomic E-state index is 5.60. The summed E-state index contributed by atoms with van der Waals surface area (Å²) >= 11 is 1.54. The van der Waals surface area contributed by atoms with E-state index in [9.17, 15) is 0 Å². The zero-order valence-electron chi connectivity index (χ0n) is 10.9. The van der Waals surface area contributed by atoms with Gasteiger partial charge in [0.1, 0.15) is 11.7 Å². The predicted molar refractivity (Wildman–Crippen MR) is 71.2 cm³/mol. The second-order valence-electron chi connectivity index (χ2n) is 3.70. The van der Waals surface area contributed by atoms with E-state index in [1.165, 1.54) is 20.4 Å². The number of ether oxygens (including phenoxy) is 2. The fourth-order valence-corrected chi connectivity index (χ4v) is 2.27. The number of rotatable bonds is 5. The Labute approximate surface area is 114 Å². The average molecular weight is 281 g/mol. The highest BCUT2D eigenvalue weighted by atomic mass is 32.1. The summed E-state index contributed by atoms with van der Waals surface area (Å²) in [5.74, 6) is 6.34. The number of hydrogen-bond acceptors (Lipinski definition) is 8. The lowest BCUT2D eigenvalue weighted by Gasteiger charge is -2.15. The number of thiazole rings is 1. The van der Waals surface area contributed by atoms with Crippen molar-refractivity contribution in [1.82, 2.24) is 20.4 Å². The Kier molecular flexibility index (Phi) is 4.25. The van der Waals surface area contributed by atoms with Crippen molar-refractivity contribution in [2.24, 2.45) is 5.84 Å². The summed E-state index contributed by atoms with van der Waals surface area (Å²) in [4.78, 5) is 12.9. The van der Waals surface area contributed by atoms with E-state index in [1.807, 2.05) is 12.3 Å². The van der Waals surface area contributed by atoms with Crippen LogP contribution in [0.15, 0.2) is 11.6 Å². The standard InChI is InChI=1S/C11H15N5O2S/c1-6-14-7(5-19-6)9(16-12)10-11(18-3)15-8(17-2)4-13-10/h4-5,9,16H,12H2,1-3H3. The van der Waals surface area contributed by atoms with Crippen LogP contribution in [0.4, 0.5) is 0 Å². The first-order valence-electron chi connectivity index (χ1n) is 5.52. The molecule has 102 valence electrons. The number of nitrogens with two attached hydrogens (primary N) is 1. The third-order valence-corrected chi connectivity index (χ3v) is 3.31. The fourth-order valence-electron chi connectivity index (χ4n) is 1.63. The van der Waals surface area contributed by atoms with Gasteiger partial charge in [0.15, 0.2) is 0 Å². The SMILES string of the molecule is COc1cnc(C(NN)c2csc(C)n2)c(OC)n1. The number of hydrogen-bond donors (Lipinski definition) is 2. The zero-order valence-corrected chi connectivity index (χ0v) is 11.7. The Balaban J connectivity index is 2.43. The molecular formula is C11H15N5O2S. The zero-order chi connectivity index (χ0) is 13.8. The van der Waals surface area contributed by atoms with Crippen LogP contribution in [-0.2, 0) is 0 Å². The van der Waals surface area contributed by atoms with Crippen molar-refractivity contribution in [2.75, 3.05) is 14.2 Å². The Morgan fingerprint density at radius 3 is 2.63 bits per heavy atom. The highest BCUT2D eigenvalue weighted by molar-refractivity contribution is 7.09. The highest BCUT2D eigenvalue weighted by Gasteiger charge is 2.22. The van der Waals surface area contributed by atoms with Gasteiger partial charge in [0, 0.05) is 5.38 Å². The lowest BCUT2D eigenvalue weighted by atomic mass is 10.1. The van der Waals surface area contributed by atoms with Crippen molar-refractivity contribution in [3.8, 4) is 11.8 Å². The minimum absolute atomic E-state index is 0.355. The topological polar surface area (TPSA) is 95.2 Å². The molecule has 0 aliphatic heterocycles. The van der Waals surface area contributed by atoms with E-state index in [0.717, 1.165) is 10.7 Å². The maximum absolute atomic E-state index is 5.60. The monoisotopic (exact) mass is 281 g/mol. The number of hydrazine groups is 1. The third-order valence-electron chi connectivity index (χ3n) is 2.52. The largest absolute Gasteiger partial charge is 0.480 e. The van der Waals surface area contributed by atoms with Crippen molar-refractivity contribution in [3.63, 3.8) is 0 Å². The maximum Gasteiger partial charge on any atom is 0.240 e. The van der Waals surface area contributed by atoms with Crippen LogP contribution in [-0.4, -0.2) is 29.2 Å². The molecular weight excluding hydrogens is 266 g/mol. The van der Waals surface area contributed by atoms with E-state index in [1.54, 1.807) is 11.3 Å². The summed E-state index contributed by atoms with van der Waals surface area (Å²) in [6, 6.07) is -0.377. The molecule has 1 unspecified atom stereocenters. The lowest BCUT2D eigenvalue weighted by molar-refractivity contribution is 0.352. The smallest absolute Gasteiger partial charge is 0.240 e. The van der Waals surface area contributed by atoms with Gasteiger partial charge in [0.05, 0.1) is 31.1 Å². The number of aromatic nitrogens is 3. The van der Waals surface area contributed by atoms with Gasteiger partial charge in [-0.25, -0.2) is 15.4 Å². The Hall–Kier alpha value is -1.77. The summed E-state index contributed by atoms with van der Waals surface area (Å²) < 4.78 is 10.2. The molecule has 8 heteroatoms. The minimum atomic E-state index is -0.377. The van der Waals surface area contributed by atoms with Crippen molar-refractivity contribution >= 4 is 11.3 Å². The van der Waals surface area contributed by atoms with Crippen molar-refractivity contribution in [3.05, 3.63) is 28.0 Å². The van der Waals surface area contributed by atoms with Crippen molar-refractivity contribution in [2.45, 2.75) is 13.0 Å². The number of methoxy groups -OCH3 is 2. The van der Waals surface area contributed by atoms with Crippen LogP contribution in [0.3, 0.4) is 0 Å². The molecule has 0 aliphatic carbocycles. The molecule has 2 heterocycles.